The summed E-state index contributed by atoms with van der Waals surface area (Å²) in [6.45, 7) is 5.81. The fourth-order valence-corrected chi connectivity index (χ4v) is 5.96. The molecule has 2 unspecified atom stereocenters. The minimum Gasteiger partial charge on any atom is -0.476 e. The van der Waals surface area contributed by atoms with Crippen LogP contribution in [0.5, 0.6) is 5.75 Å². The highest BCUT2D eigenvalue weighted by Crippen LogP contribution is 2.40. The van der Waals surface area contributed by atoms with Crippen LogP contribution in [0, 0.1) is 0 Å². The van der Waals surface area contributed by atoms with Crippen LogP contribution >= 0.6 is 23.2 Å². The van der Waals surface area contributed by atoms with Gasteiger partial charge in [0, 0.05) is 36.0 Å². The average Bonchev–Trinajstić information content (AvgIpc) is 3.13. The third kappa shape index (κ3) is 6.78. The van der Waals surface area contributed by atoms with Gasteiger partial charge < -0.3 is 25.4 Å². The second-order valence-corrected chi connectivity index (χ2v) is 12.2. The number of halogens is 4. The zero-order chi connectivity index (χ0) is 29.4. The summed E-state index contributed by atoms with van der Waals surface area (Å²) in [5, 5.41) is 16.1. The number of anilines is 1. The summed E-state index contributed by atoms with van der Waals surface area (Å²) in [6, 6.07) is 6.60. The van der Waals surface area contributed by atoms with Crippen LogP contribution in [0.2, 0.25) is 10.0 Å². The molecule has 2 aromatic rings. The number of hydrogen-bond donors (Lipinski definition) is 3. The van der Waals surface area contributed by atoms with Crippen LogP contribution < -0.4 is 20.3 Å². The minimum atomic E-state index is -2.62. The van der Waals surface area contributed by atoms with E-state index in [9.17, 15) is 23.5 Å². The van der Waals surface area contributed by atoms with Crippen LogP contribution in [0.15, 0.2) is 30.5 Å². The summed E-state index contributed by atoms with van der Waals surface area (Å²) in [7, 11) is 0. The minimum absolute atomic E-state index is 0.0693. The number of pyridine rings is 1. The molecule has 2 aliphatic rings. The van der Waals surface area contributed by atoms with Crippen LogP contribution in [0.25, 0.3) is 0 Å². The molecule has 0 radical (unpaired) electrons. The second kappa shape index (κ2) is 11.7. The van der Waals surface area contributed by atoms with Crippen molar-refractivity contribution < 1.29 is 28.2 Å². The highest BCUT2D eigenvalue weighted by atomic mass is 35.5. The van der Waals surface area contributed by atoms with Gasteiger partial charge in [0.1, 0.15) is 11.6 Å². The molecule has 1 aromatic carbocycles. The molecule has 2 bridgehead atoms. The fourth-order valence-electron chi connectivity index (χ4n) is 5.37. The monoisotopic (exact) mass is 598 g/mol. The number of amides is 2. The van der Waals surface area contributed by atoms with Gasteiger partial charge in [-0.05, 0) is 71.6 Å². The van der Waals surface area contributed by atoms with Gasteiger partial charge in [0.2, 0.25) is 0 Å². The lowest BCUT2D eigenvalue weighted by atomic mass is 9.96. The zero-order valence-corrected chi connectivity index (χ0v) is 24.3. The van der Waals surface area contributed by atoms with E-state index < -0.39 is 30.1 Å². The van der Waals surface area contributed by atoms with E-state index in [0.29, 0.717) is 24.2 Å². The van der Waals surface area contributed by atoms with Crippen LogP contribution in [0.3, 0.4) is 0 Å². The average molecular weight is 600 g/mol. The Labute approximate surface area is 242 Å². The van der Waals surface area contributed by atoms with E-state index in [-0.39, 0.29) is 45.4 Å². The van der Waals surface area contributed by atoms with E-state index in [2.05, 4.69) is 20.5 Å². The highest BCUT2D eigenvalue weighted by molar-refractivity contribution is 6.34. The molecule has 2 aliphatic heterocycles. The van der Waals surface area contributed by atoms with Gasteiger partial charge in [-0.2, -0.15) is 0 Å². The Morgan fingerprint density at radius 3 is 2.33 bits per heavy atom. The van der Waals surface area contributed by atoms with Crippen molar-refractivity contribution in [1.29, 1.82) is 0 Å². The topological polar surface area (TPSA) is 104 Å². The van der Waals surface area contributed by atoms with Gasteiger partial charge in [-0.25, -0.2) is 13.8 Å². The number of nitrogens with zero attached hydrogens (tertiary/aromatic N) is 2. The molecule has 40 heavy (non-hydrogen) atoms. The van der Waals surface area contributed by atoms with Crippen LogP contribution in [-0.2, 0) is 10.4 Å². The first-order chi connectivity index (χ1) is 18.7. The molecular weight excluding hydrogens is 565 g/mol. The number of piperidine rings is 1. The van der Waals surface area contributed by atoms with Gasteiger partial charge in [-0.15, -0.1) is 0 Å². The largest absolute Gasteiger partial charge is 0.476 e. The molecular formula is C28H34Cl2F2N4O4. The van der Waals surface area contributed by atoms with E-state index in [1.54, 1.807) is 39.8 Å². The molecule has 3 heterocycles. The second-order valence-electron chi connectivity index (χ2n) is 11.4. The Hall–Kier alpha value is -2.69. The molecule has 2 amide bonds. The first-order valence-corrected chi connectivity index (χ1v) is 13.9. The van der Waals surface area contributed by atoms with Crippen molar-refractivity contribution in [2.24, 2.45) is 0 Å². The Morgan fingerprint density at radius 2 is 1.77 bits per heavy atom. The number of aromatic nitrogens is 1. The third-order valence-corrected chi connectivity index (χ3v) is 7.96. The number of aliphatic hydroxyl groups is 1. The van der Waals surface area contributed by atoms with E-state index >= 15 is 0 Å². The molecule has 12 heteroatoms. The molecule has 2 atom stereocenters. The quantitative estimate of drug-likeness (QED) is 0.372. The number of ether oxygens (including phenoxy) is 1. The number of carbonyl (C=O) groups is 2. The van der Waals surface area contributed by atoms with Crippen LogP contribution in [-0.4, -0.2) is 58.6 Å². The molecule has 1 aromatic heterocycles. The molecule has 218 valence electrons. The third-order valence-electron chi connectivity index (χ3n) is 7.35. The predicted octanol–water partition coefficient (Wildman–Crippen LogP) is 5.08. The first kappa shape index (κ1) is 30.3. The zero-order valence-electron chi connectivity index (χ0n) is 22.8. The van der Waals surface area contributed by atoms with Gasteiger partial charge in [-0.1, -0.05) is 23.2 Å². The fraction of sp³-hybridized carbons (Fsp3) is 0.536. The van der Waals surface area contributed by atoms with Crippen molar-refractivity contribution in [1.82, 2.24) is 15.6 Å². The smallest absolute Gasteiger partial charge is 0.263 e. The Balaban J connectivity index is 1.38. The summed E-state index contributed by atoms with van der Waals surface area (Å²) < 4.78 is 30.8. The molecule has 0 saturated carbocycles. The first-order valence-electron chi connectivity index (χ1n) is 13.2. The highest BCUT2D eigenvalue weighted by Gasteiger charge is 2.43. The molecule has 3 N–H and O–H groups in total. The summed E-state index contributed by atoms with van der Waals surface area (Å²) in [5.74, 6) is 0.0752. The standard InChI is InChI=1S/C28H34Cl2F2N4O4/c1-27(2,39)19-11-21(30)22(12-20(19)29)40-28(3,4)26(38)35-16-9-17-6-7-18(10-16)36(17)24-8-5-15(13-33-24)25(37)34-14-23(31)32/h5,8,11-13,16-18,23,39H,6-7,9-10,14H2,1-4H3,(H,34,37)(H,35,38). The molecule has 0 aliphatic carbocycles. The van der Waals surface area contributed by atoms with E-state index in [0.717, 1.165) is 12.8 Å². The van der Waals surface area contributed by atoms with Gasteiger partial charge in [0.25, 0.3) is 18.2 Å². The molecule has 4 rings (SSSR count). The van der Waals surface area contributed by atoms with Crippen molar-refractivity contribution in [2.45, 2.75) is 89.1 Å². The van der Waals surface area contributed by atoms with E-state index in [4.69, 9.17) is 27.9 Å². The number of alkyl halides is 2. The number of benzene rings is 1. The summed E-state index contributed by atoms with van der Waals surface area (Å²) in [4.78, 5) is 32.0. The molecule has 8 nitrogen and oxygen atoms in total. The summed E-state index contributed by atoms with van der Waals surface area (Å²) >= 11 is 12.7. The summed E-state index contributed by atoms with van der Waals surface area (Å²) in [5.41, 5.74) is -1.77. The van der Waals surface area contributed by atoms with Crippen LogP contribution in [0.4, 0.5) is 14.6 Å². The molecule has 2 saturated heterocycles. The number of carbonyl (C=O) groups excluding carboxylic acids is 2. The van der Waals surface area contributed by atoms with Crippen molar-refractivity contribution in [2.75, 3.05) is 11.4 Å². The van der Waals surface area contributed by atoms with Crippen LogP contribution in [0.1, 0.15) is 69.3 Å². The van der Waals surface area contributed by atoms with Crippen molar-refractivity contribution in [3.05, 3.63) is 51.6 Å². The maximum Gasteiger partial charge on any atom is 0.263 e. The number of nitrogens with one attached hydrogen (secondary N) is 2. The molecule has 2 fully saturated rings. The number of hydrogen-bond acceptors (Lipinski definition) is 6. The van der Waals surface area contributed by atoms with Crippen molar-refractivity contribution in [3.63, 3.8) is 0 Å². The van der Waals surface area contributed by atoms with E-state index in [1.165, 1.54) is 18.3 Å². The lowest BCUT2D eigenvalue weighted by Crippen LogP contribution is -2.55. The normalized spacial score (nSPS) is 20.9. The Bertz CT molecular complexity index is 1240. The Kier molecular flexibility index (Phi) is 8.82. The number of rotatable bonds is 9. The van der Waals surface area contributed by atoms with E-state index in [1.807, 2.05) is 0 Å². The predicted molar refractivity (Wildman–Crippen MR) is 149 cm³/mol. The lowest BCUT2D eigenvalue weighted by molar-refractivity contribution is -0.135. The van der Waals surface area contributed by atoms with Gasteiger partial charge in [0.15, 0.2) is 5.60 Å². The summed E-state index contributed by atoms with van der Waals surface area (Å²) in [6.07, 6.45) is 2.09. The lowest BCUT2D eigenvalue weighted by Gasteiger charge is -2.41. The van der Waals surface area contributed by atoms with Crippen molar-refractivity contribution >= 4 is 40.8 Å². The van der Waals surface area contributed by atoms with Gasteiger partial charge in [0.05, 0.1) is 27.8 Å². The van der Waals surface area contributed by atoms with Gasteiger partial charge in [-0.3, -0.25) is 9.59 Å². The number of fused-ring (bicyclic) bond motifs is 2. The Morgan fingerprint density at radius 1 is 1.12 bits per heavy atom. The van der Waals surface area contributed by atoms with Crippen molar-refractivity contribution in [3.8, 4) is 5.75 Å². The molecule has 0 spiro atoms. The SMILES string of the molecule is CC(C)(Oc1cc(Cl)c(C(C)(C)O)cc1Cl)C(=O)NC1CC2CCC(C1)N2c1ccc(C(=O)NCC(F)F)cn1. The maximum absolute atomic E-state index is 13.3. The van der Waals surface area contributed by atoms with Gasteiger partial charge >= 0.3 is 0 Å². The maximum atomic E-state index is 13.3.